The second-order valence-corrected chi connectivity index (χ2v) is 8.13. The molecule has 0 spiro atoms. The zero-order valence-electron chi connectivity index (χ0n) is 17.4. The summed E-state index contributed by atoms with van der Waals surface area (Å²) < 4.78 is 18.6. The molecule has 0 saturated heterocycles. The van der Waals surface area contributed by atoms with Crippen molar-refractivity contribution in [1.82, 2.24) is 20.0 Å². The van der Waals surface area contributed by atoms with Gasteiger partial charge in [-0.1, -0.05) is 30.0 Å². The van der Waals surface area contributed by atoms with Crippen LogP contribution in [0.15, 0.2) is 58.2 Å². The summed E-state index contributed by atoms with van der Waals surface area (Å²) in [6.45, 7) is 0. The number of ether oxygens (including phenoxy) is 2. The van der Waals surface area contributed by atoms with E-state index in [9.17, 15) is 0 Å². The summed E-state index contributed by atoms with van der Waals surface area (Å²) in [5, 5.41) is 13.8. The predicted octanol–water partition coefficient (Wildman–Crippen LogP) is 4.72. The molecule has 0 bridgehead atoms. The van der Waals surface area contributed by atoms with Crippen LogP contribution in [0.1, 0.15) is 23.4 Å². The predicted molar refractivity (Wildman–Crippen MR) is 118 cm³/mol. The van der Waals surface area contributed by atoms with Crippen LogP contribution in [0.25, 0.3) is 17.1 Å². The van der Waals surface area contributed by atoms with Gasteiger partial charge in [0.1, 0.15) is 0 Å². The Hall–Kier alpha value is -3.26. The van der Waals surface area contributed by atoms with Crippen LogP contribution in [0, 0.1) is 0 Å². The Kier molecular flexibility index (Phi) is 5.38. The van der Waals surface area contributed by atoms with Crippen molar-refractivity contribution in [2.45, 2.75) is 30.2 Å². The largest absolute Gasteiger partial charge is 0.493 e. The second-order valence-electron chi connectivity index (χ2n) is 7.20. The third-order valence-electron chi connectivity index (χ3n) is 5.38. The number of aromatic nitrogens is 4. The van der Waals surface area contributed by atoms with Gasteiger partial charge in [-0.3, -0.25) is 0 Å². The lowest BCUT2D eigenvalue weighted by Crippen LogP contribution is -2.01. The van der Waals surface area contributed by atoms with Crippen LogP contribution < -0.4 is 9.47 Å². The number of fused-ring (bicyclic) bond motifs is 1. The summed E-state index contributed by atoms with van der Waals surface area (Å²) in [7, 11) is 3.21. The Labute approximate surface area is 184 Å². The SMILES string of the molecule is COc1ccc(-c2nnc(SCc3nn(-c4ccccc4)c4c3CCC4)o2)cc1OC. The Morgan fingerprint density at radius 1 is 1.00 bits per heavy atom. The maximum atomic E-state index is 5.89. The Bertz CT molecular complexity index is 1200. The average molecular weight is 435 g/mol. The molecule has 1 aliphatic carbocycles. The van der Waals surface area contributed by atoms with Crippen LogP contribution in [0.5, 0.6) is 11.5 Å². The third kappa shape index (κ3) is 3.79. The van der Waals surface area contributed by atoms with Gasteiger partial charge in [0.05, 0.1) is 25.6 Å². The van der Waals surface area contributed by atoms with E-state index >= 15 is 0 Å². The van der Waals surface area contributed by atoms with Crippen LogP contribution in [0.4, 0.5) is 0 Å². The van der Waals surface area contributed by atoms with E-state index in [1.54, 1.807) is 14.2 Å². The van der Waals surface area contributed by atoms with Gasteiger partial charge in [0.2, 0.25) is 5.89 Å². The summed E-state index contributed by atoms with van der Waals surface area (Å²) in [6.07, 6.45) is 3.30. The molecule has 0 fully saturated rings. The first kappa shape index (κ1) is 19.7. The minimum Gasteiger partial charge on any atom is -0.493 e. The van der Waals surface area contributed by atoms with E-state index in [2.05, 4.69) is 27.0 Å². The van der Waals surface area contributed by atoms with Gasteiger partial charge in [-0.2, -0.15) is 5.10 Å². The monoisotopic (exact) mass is 434 g/mol. The maximum absolute atomic E-state index is 5.89. The molecular weight excluding hydrogens is 412 g/mol. The van der Waals surface area contributed by atoms with Crippen molar-refractivity contribution in [2.24, 2.45) is 0 Å². The first-order valence-electron chi connectivity index (χ1n) is 10.1. The highest BCUT2D eigenvalue weighted by Gasteiger charge is 2.23. The van der Waals surface area contributed by atoms with Crippen LogP contribution in [0.2, 0.25) is 0 Å². The molecule has 0 radical (unpaired) electrons. The molecule has 158 valence electrons. The molecule has 0 saturated carbocycles. The maximum Gasteiger partial charge on any atom is 0.277 e. The number of hydrogen-bond donors (Lipinski definition) is 0. The molecule has 4 aromatic rings. The van der Waals surface area contributed by atoms with E-state index in [0.717, 1.165) is 29.8 Å². The molecular formula is C23H22N4O3S. The molecule has 31 heavy (non-hydrogen) atoms. The number of hydrogen-bond acceptors (Lipinski definition) is 7. The van der Waals surface area contributed by atoms with Gasteiger partial charge in [0, 0.05) is 17.0 Å². The molecule has 7 nitrogen and oxygen atoms in total. The minimum absolute atomic E-state index is 0.448. The molecule has 2 heterocycles. The highest BCUT2D eigenvalue weighted by atomic mass is 32.2. The minimum atomic E-state index is 0.448. The van der Waals surface area contributed by atoms with Gasteiger partial charge in [0.25, 0.3) is 5.22 Å². The van der Waals surface area contributed by atoms with E-state index in [1.807, 2.05) is 36.4 Å². The quantitative estimate of drug-likeness (QED) is 0.390. The van der Waals surface area contributed by atoms with E-state index in [0.29, 0.717) is 28.4 Å². The van der Waals surface area contributed by atoms with Crippen LogP contribution >= 0.6 is 11.8 Å². The van der Waals surface area contributed by atoms with E-state index < -0.39 is 0 Å². The van der Waals surface area contributed by atoms with Gasteiger partial charge in [-0.25, -0.2) is 4.68 Å². The molecule has 0 amide bonds. The Morgan fingerprint density at radius 3 is 2.65 bits per heavy atom. The Balaban J connectivity index is 1.35. The average Bonchev–Trinajstić information content (AvgIpc) is 3.55. The van der Waals surface area contributed by atoms with Crippen molar-refractivity contribution in [1.29, 1.82) is 0 Å². The standard InChI is InChI=1S/C23H22N4O3S/c1-28-20-12-11-15(13-21(20)29-2)22-24-25-23(30-22)31-14-18-17-9-6-10-19(17)27(26-18)16-7-4-3-5-8-16/h3-5,7-8,11-13H,6,9-10,14H2,1-2H3. The number of benzene rings is 2. The van der Waals surface area contributed by atoms with Gasteiger partial charge in [-0.05, 0) is 55.2 Å². The topological polar surface area (TPSA) is 75.2 Å². The molecule has 0 N–H and O–H groups in total. The molecule has 0 unspecified atom stereocenters. The molecule has 5 rings (SSSR count). The molecule has 2 aromatic heterocycles. The smallest absolute Gasteiger partial charge is 0.277 e. The molecule has 0 aliphatic heterocycles. The number of methoxy groups -OCH3 is 2. The lowest BCUT2D eigenvalue weighted by molar-refractivity contribution is 0.355. The normalized spacial score (nSPS) is 12.7. The van der Waals surface area contributed by atoms with Gasteiger partial charge in [-0.15, -0.1) is 10.2 Å². The summed E-state index contributed by atoms with van der Waals surface area (Å²) in [5.41, 5.74) is 5.65. The van der Waals surface area contributed by atoms with Gasteiger partial charge < -0.3 is 13.9 Å². The lowest BCUT2D eigenvalue weighted by atomic mass is 10.2. The lowest BCUT2D eigenvalue weighted by Gasteiger charge is -2.07. The van der Waals surface area contributed by atoms with E-state index in [-0.39, 0.29) is 0 Å². The van der Waals surface area contributed by atoms with Crippen molar-refractivity contribution in [3.63, 3.8) is 0 Å². The molecule has 8 heteroatoms. The summed E-state index contributed by atoms with van der Waals surface area (Å²) in [6, 6.07) is 15.8. The zero-order valence-corrected chi connectivity index (χ0v) is 18.2. The van der Waals surface area contributed by atoms with Gasteiger partial charge >= 0.3 is 0 Å². The first-order chi connectivity index (χ1) is 15.3. The first-order valence-corrected chi connectivity index (χ1v) is 11.1. The van der Waals surface area contributed by atoms with Crippen molar-refractivity contribution in [3.8, 4) is 28.6 Å². The fraction of sp³-hybridized carbons (Fsp3) is 0.261. The highest BCUT2D eigenvalue weighted by Crippen LogP contribution is 2.34. The summed E-state index contributed by atoms with van der Waals surface area (Å²) in [4.78, 5) is 0. The fourth-order valence-corrected chi connectivity index (χ4v) is 4.63. The highest BCUT2D eigenvalue weighted by molar-refractivity contribution is 7.98. The fourth-order valence-electron chi connectivity index (χ4n) is 3.90. The molecule has 0 atom stereocenters. The number of para-hydroxylation sites is 1. The van der Waals surface area contributed by atoms with Crippen molar-refractivity contribution >= 4 is 11.8 Å². The molecule has 1 aliphatic rings. The van der Waals surface area contributed by atoms with Crippen LogP contribution in [-0.2, 0) is 18.6 Å². The number of thioether (sulfide) groups is 1. The van der Waals surface area contributed by atoms with E-state index in [4.69, 9.17) is 19.0 Å². The van der Waals surface area contributed by atoms with Crippen molar-refractivity contribution in [2.75, 3.05) is 14.2 Å². The Morgan fingerprint density at radius 2 is 1.84 bits per heavy atom. The number of nitrogens with zero attached hydrogens (tertiary/aromatic N) is 4. The third-order valence-corrected chi connectivity index (χ3v) is 6.21. The zero-order chi connectivity index (χ0) is 21.2. The van der Waals surface area contributed by atoms with Crippen molar-refractivity contribution < 1.29 is 13.9 Å². The van der Waals surface area contributed by atoms with Crippen LogP contribution in [-0.4, -0.2) is 34.2 Å². The number of rotatable bonds is 7. The van der Waals surface area contributed by atoms with Gasteiger partial charge in [0.15, 0.2) is 11.5 Å². The summed E-state index contributed by atoms with van der Waals surface area (Å²) >= 11 is 1.51. The second kappa shape index (κ2) is 8.47. The van der Waals surface area contributed by atoms with E-state index in [1.165, 1.54) is 29.4 Å². The van der Waals surface area contributed by atoms with Crippen molar-refractivity contribution in [3.05, 3.63) is 65.5 Å². The molecule has 2 aromatic carbocycles. The van der Waals surface area contributed by atoms with Crippen LogP contribution in [0.3, 0.4) is 0 Å². The summed E-state index contributed by atoms with van der Waals surface area (Å²) in [5.74, 6) is 2.41.